The van der Waals surface area contributed by atoms with E-state index in [0.717, 1.165) is 46.4 Å². The van der Waals surface area contributed by atoms with E-state index in [2.05, 4.69) is 47.1 Å². The molecule has 1 atom stereocenters. The molecule has 1 fully saturated rings. The monoisotopic (exact) mass is 363 g/mol. The van der Waals surface area contributed by atoms with Crippen LogP contribution in [0.1, 0.15) is 26.7 Å². The number of piperidine rings is 1. The third-order valence-electron chi connectivity index (χ3n) is 4.92. The quantitative estimate of drug-likeness (QED) is 0.651. The van der Waals surface area contributed by atoms with Crippen LogP contribution in [0.15, 0.2) is 48.9 Å². The maximum atomic E-state index is 5.30. The van der Waals surface area contributed by atoms with E-state index < -0.39 is 0 Å². The minimum Gasteiger partial charge on any atom is -0.497 e. The molecule has 0 spiro atoms. The fourth-order valence-electron chi connectivity index (χ4n) is 3.87. The average molecular weight is 363 g/mol. The molecule has 1 aliphatic heterocycles. The van der Waals surface area contributed by atoms with Gasteiger partial charge in [0.05, 0.1) is 12.8 Å². The second-order valence-corrected chi connectivity index (χ2v) is 7.74. The lowest BCUT2D eigenvalue weighted by molar-refractivity contribution is 0.324. The molecule has 6 nitrogen and oxygen atoms in total. The van der Waals surface area contributed by atoms with Crippen LogP contribution in [-0.4, -0.2) is 33.6 Å². The molecule has 0 radical (unpaired) electrons. The van der Waals surface area contributed by atoms with Crippen molar-refractivity contribution in [3.8, 4) is 17.0 Å². The minimum absolute atomic E-state index is 0.0144. The Balaban J connectivity index is 1.60. The van der Waals surface area contributed by atoms with E-state index in [1.165, 1.54) is 0 Å². The number of anilines is 1. The van der Waals surface area contributed by atoms with Crippen molar-refractivity contribution >= 4 is 16.9 Å². The minimum atomic E-state index is 0.0144. The number of rotatable bonds is 4. The van der Waals surface area contributed by atoms with Crippen molar-refractivity contribution in [3.05, 3.63) is 48.9 Å². The fourth-order valence-corrected chi connectivity index (χ4v) is 3.87. The first-order valence-corrected chi connectivity index (χ1v) is 9.14. The molecule has 1 unspecified atom stereocenters. The number of aromatic amines is 1. The van der Waals surface area contributed by atoms with Gasteiger partial charge in [0.2, 0.25) is 5.95 Å². The Morgan fingerprint density at radius 2 is 2.15 bits per heavy atom. The number of fused-ring (bicyclic) bond motifs is 1. The number of methoxy groups -OCH3 is 1. The van der Waals surface area contributed by atoms with Crippen LogP contribution in [-0.2, 0) is 0 Å². The van der Waals surface area contributed by atoms with Crippen LogP contribution in [0, 0.1) is 0 Å². The Morgan fingerprint density at radius 3 is 2.93 bits per heavy atom. The second kappa shape index (κ2) is 6.61. The molecule has 2 aromatic heterocycles. The first-order valence-electron chi connectivity index (χ1n) is 9.14. The van der Waals surface area contributed by atoms with Crippen LogP contribution in [0.3, 0.4) is 0 Å². The molecule has 1 saturated heterocycles. The van der Waals surface area contributed by atoms with Gasteiger partial charge in [-0.3, -0.25) is 0 Å². The molecular weight excluding hydrogens is 338 g/mol. The molecule has 0 saturated carbocycles. The Morgan fingerprint density at radius 1 is 1.30 bits per heavy atom. The Bertz CT molecular complexity index is 991. The highest BCUT2D eigenvalue weighted by Gasteiger charge is 2.29. The average Bonchev–Trinajstić information content (AvgIpc) is 3.03. The number of ether oxygens (including phenoxy) is 1. The number of nitrogens with one attached hydrogen (secondary N) is 3. The zero-order valence-corrected chi connectivity index (χ0v) is 16.0. The Hall–Kier alpha value is -3.02. The molecule has 0 aliphatic carbocycles. The number of H-pyrrole nitrogens is 1. The van der Waals surface area contributed by atoms with Crippen LogP contribution in [0.2, 0.25) is 0 Å². The van der Waals surface area contributed by atoms with Crippen LogP contribution >= 0.6 is 0 Å². The maximum absolute atomic E-state index is 5.30. The van der Waals surface area contributed by atoms with Crippen LogP contribution in [0.25, 0.3) is 22.2 Å². The van der Waals surface area contributed by atoms with E-state index in [4.69, 9.17) is 9.72 Å². The summed E-state index contributed by atoms with van der Waals surface area (Å²) >= 11 is 0. The summed E-state index contributed by atoms with van der Waals surface area (Å²) < 4.78 is 5.30. The summed E-state index contributed by atoms with van der Waals surface area (Å²) in [6.07, 6.45) is 5.62. The molecular formula is C21H25N5O. The number of benzene rings is 1. The summed E-state index contributed by atoms with van der Waals surface area (Å²) in [5.41, 5.74) is 4.02. The van der Waals surface area contributed by atoms with Crippen molar-refractivity contribution < 1.29 is 4.74 Å². The van der Waals surface area contributed by atoms with Gasteiger partial charge in [0.25, 0.3) is 0 Å². The van der Waals surface area contributed by atoms with Crippen molar-refractivity contribution in [1.29, 1.82) is 0 Å². The summed E-state index contributed by atoms with van der Waals surface area (Å²) in [4.78, 5) is 12.5. The van der Waals surface area contributed by atoms with E-state index in [0.29, 0.717) is 5.95 Å². The number of nitrogens with zero attached hydrogens (tertiary/aromatic N) is 2. The lowest BCUT2D eigenvalue weighted by atomic mass is 9.88. The molecule has 3 aromatic rings. The lowest BCUT2D eigenvalue weighted by Gasteiger charge is -2.38. The van der Waals surface area contributed by atoms with E-state index in [1.807, 2.05) is 24.4 Å². The molecule has 27 heavy (non-hydrogen) atoms. The highest BCUT2D eigenvalue weighted by molar-refractivity contribution is 5.95. The fraction of sp³-hybridized carbons (Fsp3) is 0.333. The first kappa shape index (κ1) is 17.4. The third kappa shape index (κ3) is 3.60. The zero-order chi connectivity index (χ0) is 19.0. The standard InChI is InChI=1S/C21H25N5O/c1-13-9-14(11-21(2,3)26-13)24-20-22-8-7-18(25-20)17-12-23-19-10-15(27-4)5-6-16(17)19/h5-8,10,12,14,23,26H,1,9,11H2,2-4H3,(H,22,24,25). The van der Waals surface area contributed by atoms with Crippen molar-refractivity contribution in [2.45, 2.75) is 38.3 Å². The Labute approximate surface area is 159 Å². The molecule has 3 heterocycles. The van der Waals surface area contributed by atoms with Gasteiger partial charge >= 0.3 is 0 Å². The molecule has 4 rings (SSSR count). The van der Waals surface area contributed by atoms with E-state index >= 15 is 0 Å². The van der Waals surface area contributed by atoms with Crippen LogP contribution in [0.4, 0.5) is 5.95 Å². The SMILES string of the molecule is C=C1CC(Nc2nccc(-c3c[nH]c4cc(OC)ccc34)n2)CC(C)(C)N1. The van der Waals surface area contributed by atoms with Gasteiger partial charge in [-0.15, -0.1) is 0 Å². The van der Waals surface area contributed by atoms with Crippen molar-refractivity contribution in [2.24, 2.45) is 0 Å². The predicted octanol–water partition coefficient (Wildman–Crippen LogP) is 4.09. The number of aromatic nitrogens is 3. The molecule has 0 bridgehead atoms. The summed E-state index contributed by atoms with van der Waals surface area (Å²) in [5.74, 6) is 1.47. The van der Waals surface area contributed by atoms with Crippen LogP contribution < -0.4 is 15.4 Å². The van der Waals surface area contributed by atoms with Gasteiger partial charge in [0.1, 0.15) is 5.75 Å². The van der Waals surface area contributed by atoms with Gasteiger partial charge in [-0.2, -0.15) is 0 Å². The summed E-state index contributed by atoms with van der Waals surface area (Å²) in [6, 6.07) is 8.19. The van der Waals surface area contributed by atoms with Crippen molar-refractivity contribution in [1.82, 2.24) is 20.3 Å². The van der Waals surface area contributed by atoms with Gasteiger partial charge < -0.3 is 20.4 Å². The topological polar surface area (TPSA) is 74.9 Å². The number of hydrogen-bond acceptors (Lipinski definition) is 5. The van der Waals surface area contributed by atoms with E-state index in [9.17, 15) is 0 Å². The van der Waals surface area contributed by atoms with Gasteiger partial charge in [-0.25, -0.2) is 9.97 Å². The van der Waals surface area contributed by atoms with E-state index in [-0.39, 0.29) is 11.6 Å². The second-order valence-electron chi connectivity index (χ2n) is 7.74. The molecule has 140 valence electrons. The smallest absolute Gasteiger partial charge is 0.223 e. The van der Waals surface area contributed by atoms with E-state index in [1.54, 1.807) is 13.3 Å². The highest BCUT2D eigenvalue weighted by Crippen LogP contribution is 2.30. The lowest BCUT2D eigenvalue weighted by Crippen LogP contribution is -2.48. The summed E-state index contributed by atoms with van der Waals surface area (Å²) in [5, 5.41) is 8.04. The van der Waals surface area contributed by atoms with Gasteiger partial charge in [-0.1, -0.05) is 6.58 Å². The predicted molar refractivity (Wildman–Crippen MR) is 109 cm³/mol. The largest absolute Gasteiger partial charge is 0.497 e. The molecule has 0 amide bonds. The molecule has 1 aromatic carbocycles. The zero-order valence-electron chi connectivity index (χ0n) is 16.0. The highest BCUT2D eigenvalue weighted by atomic mass is 16.5. The van der Waals surface area contributed by atoms with Gasteiger partial charge in [-0.05, 0) is 38.5 Å². The van der Waals surface area contributed by atoms with Crippen LogP contribution in [0.5, 0.6) is 5.75 Å². The number of hydrogen-bond donors (Lipinski definition) is 3. The van der Waals surface area contributed by atoms with Crippen molar-refractivity contribution in [2.75, 3.05) is 12.4 Å². The first-order chi connectivity index (χ1) is 12.9. The maximum Gasteiger partial charge on any atom is 0.223 e. The normalized spacial score (nSPS) is 18.9. The van der Waals surface area contributed by atoms with Gasteiger partial charge in [0.15, 0.2) is 0 Å². The Kier molecular flexibility index (Phi) is 4.26. The third-order valence-corrected chi connectivity index (χ3v) is 4.92. The molecule has 1 aliphatic rings. The molecule has 3 N–H and O–H groups in total. The molecule has 6 heteroatoms. The summed E-state index contributed by atoms with van der Waals surface area (Å²) in [7, 11) is 1.67. The van der Waals surface area contributed by atoms with Crippen molar-refractivity contribution in [3.63, 3.8) is 0 Å². The van der Waals surface area contributed by atoms with Gasteiger partial charge in [0, 0.05) is 58.6 Å². The summed E-state index contributed by atoms with van der Waals surface area (Å²) in [6.45, 7) is 8.47.